The molecule has 0 radical (unpaired) electrons. The molecule has 1 amide bonds. The van der Waals surface area contributed by atoms with Crippen LogP contribution in [0.1, 0.15) is 26.2 Å². The smallest absolute Gasteiger partial charge is 0.407 e. The largest absolute Gasteiger partial charge is 0.465 e. The van der Waals surface area contributed by atoms with E-state index in [0.29, 0.717) is 19.4 Å². The second kappa shape index (κ2) is 5.04. The second-order valence-corrected chi connectivity index (χ2v) is 6.05. The number of carboxylic acid groups (broad SMARTS) is 1. The van der Waals surface area contributed by atoms with E-state index in [1.54, 1.807) is 11.9 Å². The summed E-state index contributed by atoms with van der Waals surface area (Å²) in [6, 6.07) is -0.0965. The summed E-state index contributed by atoms with van der Waals surface area (Å²) in [5.41, 5.74) is -0.695. The molecule has 2 saturated heterocycles. The standard InChI is InChI=1S/C11H20N2O3S/c1-8-6-11(16,3-4-13(8)10(14)15)9-2-5-17-12-7-9/h8-9,12,16H,2-7H2,1H3,(H,14,15). The molecule has 0 aromatic carbocycles. The molecule has 0 aliphatic carbocycles. The van der Waals surface area contributed by atoms with Crippen LogP contribution in [-0.2, 0) is 0 Å². The van der Waals surface area contributed by atoms with Crippen LogP contribution in [0, 0.1) is 5.92 Å². The molecular formula is C11H20N2O3S. The summed E-state index contributed by atoms with van der Waals surface area (Å²) in [5, 5.41) is 19.7. The molecule has 17 heavy (non-hydrogen) atoms. The highest BCUT2D eigenvalue weighted by atomic mass is 32.2. The van der Waals surface area contributed by atoms with Gasteiger partial charge in [-0.15, -0.1) is 0 Å². The number of aliphatic hydroxyl groups is 1. The van der Waals surface area contributed by atoms with Gasteiger partial charge in [0.1, 0.15) is 0 Å². The fourth-order valence-corrected chi connectivity index (χ4v) is 3.77. The third kappa shape index (κ3) is 2.69. The van der Waals surface area contributed by atoms with Crippen LogP contribution in [0.15, 0.2) is 0 Å². The molecule has 3 unspecified atom stereocenters. The SMILES string of the molecule is CC1CC(O)(C2CCSNC2)CCN1C(=O)O. The van der Waals surface area contributed by atoms with E-state index in [9.17, 15) is 9.90 Å². The third-order valence-electron chi connectivity index (χ3n) is 3.97. The first-order valence-electron chi connectivity index (χ1n) is 6.09. The maximum atomic E-state index is 11.0. The zero-order chi connectivity index (χ0) is 12.5. The van der Waals surface area contributed by atoms with E-state index in [1.165, 1.54) is 4.90 Å². The predicted octanol–water partition coefficient (Wildman–Crippen LogP) is 1.14. The molecule has 0 saturated carbocycles. The number of amides is 1. The summed E-state index contributed by atoms with van der Waals surface area (Å²) >= 11 is 1.70. The first-order valence-corrected chi connectivity index (χ1v) is 7.08. The topological polar surface area (TPSA) is 72.8 Å². The number of hydrogen-bond acceptors (Lipinski definition) is 4. The highest BCUT2D eigenvalue weighted by Crippen LogP contribution is 2.36. The van der Waals surface area contributed by atoms with Crippen molar-refractivity contribution in [2.45, 2.75) is 37.8 Å². The Morgan fingerprint density at radius 2 is 2.35 bits per heavy atom. The molecule has 0 spiro atoms. The van der Waals surface area contributed by atoms with E-state index < -0.39 is 11.7 Å². The van der Waals surface area contributed by atoms with Crippen LogP contribution in [0.2, 0.25) is 0 Å². The fourth-order valence-electron chi connectivity index (χ4n) is 2.91. The summed E-state index contributed by atoms with van der Waals surface area (Å²) in [6.45, 7) is 3.14. The average molecular weight is 260 g/mol. The van der Waals surface area contributed by atoms with Gasteiger partial charge in [0.25, 0.3) is 0 Å². The third-order valence-corrected chi connectivity index (χ3v) is 4.78. The Labute approximate surface area is 106 Å². The number of nitrogens with one attached hydrogen (secondary N) is 1. The minimum Gasteiger partial charge on any atom is -0.465 e. The van der Waals surface area contributed by atoms with Gasteiger partial charge in [-0.05, 0) is 26.2 Å². The van der Waals surface area contributed by atoms with E-state index in [1.807, 2.05) is 6.92 Å². The van der Waals surface area contributed by atoms with E-state index in [2.05, 4.69) is 4.72 Å². The summed E-state index contributed by atoms with van der Waals surface area (Å²) in [5.74, 6) is 1.27. The molecule has 2 aliphatic rings. The lowest BCUT2D eigenvalue weighted by atomic mass is 9.76. The number of rotatable bonds is 1. The van der Waals surface area contributed by atoms with Crippen LogP contribution in [0.3, 0.4) is 0 Å². The van der Waals surface area contributed by atoms with Crippen LogP contribution >= 0.6 is 11.9 Å². The van der Waals surface area contributed by atoms with Crippen molar-refractivity contribution in [2.24, 2.45) is 5.92 Å². The van der Waals surface area contributed by atoms with Crippen molar-refractivity contribution in [2.75, 3.05) is 18.8 Å². The Balaban J connectivity index is 2.00. The van der Waals surface area contributed by atoms with E-state index in [-0.39, 0.29) is 12.0 Å². The maximum Gasteiger partial charge on any atom is 0.407 e. The number of carbonyl (C=O) groups is 1. The zero-order valence-corrected chi connectivity index (χ0v) is 10.9. The Morgan fingerprint density at radius 3 is 2.88 bits per heavy atom. The Kier molecular flexibility index (Phi) is 3.85. The lowest BCUT2D eigenvalue weighted by Crippen LogP contribution is -2.56. The number of likely N-dealkylation sites (tertiary alicyclic amines) is 1. The van der Waals surface area contributed by atoms with E-state index in [0.717, 1.165) is 18.7 Å². The van der Waals surface area contributed by atoms with Crippen molar-refractivity contribution in [3.8, 4) is 0 Å². The fraction of sp³-hybridized carbons (Fsp3) is 0.909. The highest BCUT2D eigenvalue weighted by molar-refractivity contribution is 7.97. The van der Waals surface area contributed by atoms with Crippen LogP contribution < -0.4 is 4.72 Å². The normalized spacial score (nSPS) is 39.1. The van der Waals surface area contributed by atoms with Crippen molar-refractivity contribution in [1.29, 1.82) is 0 Å². The van der Waals surface area contributed by atoms with Crippen molar-refractivity contribution in [1.82, 2.24) is 9.62 Å². The van der Waals surface area contributed by atoms with Crippen LogP contribution in [0.5, 0.6) is 0 Å². The zero-order valence-electron chi connectivity index (χ0n) is 10.1. The number of hydrogen-bond donors (Lipinski definition) is 3. The molecule has 3 N–H and O–H groups in total. The molecule has 2 heterocycles. The molecule has 0 aromatic heterocycles. The van der Waals surface area contributed by atoms with E-state index in [4.69, 9.17) is 5.11 Å². The van der Waals surface area contributed by atoms with Gasteiger partial charge in [-0.3, -0.25) is 4.72 Å². The highest BCUT2D eigenvalue weighted by Gasteiger charge is 2.43. The Hall–Kier alpha value is -0.460. The quantitative estimate of drug-likeness (QED) is 0.617. The van der Waals surface area contributed by atoms with Gasteiger partial charge in [0, 0.05) is 30.8 Å². The van der Waals surface area contributed by atoms with Gasteiger partial charge in [0.15, 0.2) is 0 Å². The van der Waals surface area contributed by atoms with Gasteiger partial charge in [-0.25, -0.2) is 4.79 Å². The van der Waals surface area contributed by atoms with Gasteiger partial charge in [-0.1, -0.05) is 11.9 Å². The van der Waals surface area contributed by atoms with Crippen LogP contribution in [0.4, 0.5) is 4.79 Å². The van der Waals surface area contributed by atoms with Gasteiger partial charge in [0.05, 0.1) is 5.60 Å². The molecule has 0 bridgehead atoms. The molecule has 2 fully saturated rings. The number of nitrogens with zero attached hydrogens (tertiary/aromatic N) is 1. The molecule has 6 heteroatoms. The molecule has 98 valence electrons. The van der Waals surface area contributed by atoms with Crippen LogP contribution in [0.25, 0.3) is 0 Å². The van der Waals surface area contributed by atoms with Gasteiger partial charge < -0.3 is 15.1 Å². The lowest BCUT2D eigenvalue weighted by molar-refractivity contribution is -0.0778. The minimum absolute atomic E-state index is 0.0965. The van der Waals surface area contributed by atoms with Gasteiger partial charge >= 0.3 is 6.09 Å². The first-order chi connectivity index (χ1) is 8.03. The summed E-state index contributed by atoms with van der Waals surface area (Å²) in [4.78, 5) is 12.4. The van der Waals surface area contributed by atoms with Crippen LogP contribution in [-0.4, -0.2) is 51.7 Å². The molecule has 5 nitrogen and oxygen atoms in total. The summed E-state index contributed by atoms with van der Waals surface area (Å²) in [6.07, 6.45) is 1.24. The second-order valence-electron chi connectivity index (χ2n) is 5.07. The lowest BCUT2D eigenvalue weighted by Gasteiger charge is -2.46. The molecule has 3 atom stereocenters. The minimum atomic E-state index is -0.878. The predicted molar refractivity (Wildman–Crippen MR) is 66.9 cm³/mol. The molecule has 2 rings (SSSR count). The molecule has 0 aromatic rings. The Bertz CT molecular complexity index is 296. The van der Waals surface area contributed by atoms with Gasteiger partial charge in [0.2, 0.25) is 0 Å². The molecule has 2 aliphatic heterocycles. The van der Waals surface area contributed by atoms with Crippen molar-refractivity contribution in [3.05, 3.63) is 0 Å². The average Bonchev–Trinajstić information content (AvgIpc) is 2.29. The van der Waals surface area contributed by atoms with E-state index >= 15 is 0 Å². The number of piperidine rings is 1. The maximum absolute atomic E-state index is 11.0. The Morgan fingerprint density at radius 1 is 1.59 bits per heavy atom. The monoisotopic (exact) mass is 260 g/mol. The summed E-state index contributed by atoms with van der Waals surface area (Å²) in [7, 11) is 0. The van der Waals surface area contributed by atoms with Gasteiger partial charge in [-0.2, -0.15) is 0 Å². The first kappa shape index (κ1) is 13.0. The van der Waals surface area contributed by atoms with Crippen molar-refractivity contribution in [3.63, 3.8) is 0 Å². The van der Waals surface area contributed by atoms with Crippen molar-refractivity contribution < 1.29 is 15.0 Å². The van der Waals surface area contributed by atoms with Crippen molar-refractivity contribution >= 4 is 18.0 Å². The molecular weight excluding hydrogens is 240 g/mol. The summed E-state index contributed by atoms with van der Waals surface area (Å²) < 4.78 is 3.23.